The predicted octanol–water partition coefficient (Wildman–Crippen LogP) is 1.48. The Bertz CT molecular complexity index is 548. The maximum Gasteiger partial charge on any atom is 0.213 e. The summed E-state index contributed by atoms with van der Waals surface area (Å²) in [5.41, 5.74) is 0.944. The Kier molecular flexibility index (Phi) is 9.44. The summed E-state index contributed by atoms with van der Waals surface area (Å²) in [6, 6.07) is 5.72. The minimum atomic E-state index is 0. The molecule has 0 aliphatic carbocycles. The first-order valence-corrected chi connectivity index (χ1v) is 8.32. The topological polar surface area (TPSA) is 71.0 Å². The zero-order chi connectivity index (χ0) is 17.4. The molecular weight excluding hydrogens is 433 g/mol. The molecule has 0 unspecified atom stereocenters. The SMILES string of the molecule is CN=C(NCc1cccc(OC)n1)NCC(C)(C)N1CCOCC1.I. The summed E-state index contributed by atoms with van der Waals surface area (Å²) in [6.07, 6.45) is 0. The van der Waals surface area contributed by atoms with Gasteiger partial charge in [-0.05, 0) is 19.9 Å². The molecule has 1 aliphatic rings. The Balaban J connectivity index is 0.00000312. The molecule has 1 aromatic rings. The van der Waals surface area contributed by atoms with Gasteiger partial charge in [0.2, 0.25) is 5.88 Å². The molecule has 1 aromatic heterocycles. The predicted molar refractivity (Wildman–Crippen MR) is 111 cm³/mol. The average molecular weight is 463 g/mol. The van der Waals surface area contributed by atoms with Gasteiger partial charge in [0.15, 0.2) is 5.96 Å². The number of guanidine groups is 1. The van der Waals surface area contributed by atoms with Gasteiger partial charge in [-0.3, -0.25) is 9.89 Å². The van der Waals surface area contributed by atoms with E-state index in [9.17, 15) is 0 Å². The van der Waals surface area contributed by atoms with E-state index in [1.165, 1.54) is 0 Å². The second-order valence-electron chi connectivity index (χ2n) is 6.36. The van der Waals surface area contributed by atoms with Crippen molar-refractivity contribution in [2.24, 2.45) is 4.99 Å². The molecular formula is C17H30IN5O2. The fourth-order valence-electron chi connectivity index (χ4n) is 2.65. The smallest absolute Gasteiger partial charge is 0.213 e. The van der Waals surface area contributed by atoms with Crippen LogP contribution in [0.5, 0.6) is 5.88 Å². The van der Waals surface area contributed by atoms with E-state index in [-0.39, 0.29) is 29.5 Å². The lowest BCUT2D eigenvalue weighted by Gasteiger charge is -2.41. The molecule has 0 spiro atoms. The third kappa shape index (κ3) is 6.95. The summed E-state index contributed by atoms with van der Waals surface area (Å²) >= 11 is 0. The van der Waals surface area contributed by atoms with Crippen LogP contribution in [0.4, 0.5) is 0 Å². The summed E-state index contributed by atoms with van der Waals surface area (Å²) in [6.45, 7) is 9.41. The van der Waals surface area contributed by atoms with Crippen molar-refractivity contribution in [3.8, 4) is 5.88 Å². The number of hydrogen-bond acceptors (Lipinski definition) is 5. The van der Waals surface area contributed by atoms with Gasteiger partial charge in [-0.2, -0.15) is 0 Å². The van der Waals surface area contributed by atoms with E-state index in [0.29, 0.717) is 12.4 Å². The molecule has 2 rings (SSSR count). The number of pyridine rings is 1. The van der Waals surface area contributed by atoms with Crippen LogP contribution in [0.1, 0.15) is 19.5 Å². The van der Waals surface area contributed by atoms with Crippen molar-refractivity contribution in [3.05, 3.63) is 23.9 Å². The highest BCUT2D eigenvalue weighted by Gasteiger charge is 2.28. The number of rotatable bonds is 6. The number of nitrogens with one attached hydrogen (secondary N) is 2. The van der Waals surface area contributed by atoms with E-state index in [1.54, 1.807) is 14.2 Å². The highest BCUT2D eigenvalue weighted by Crippen LogP contribution is 2.15. The molecule has 1 saturated heterocycles. The van der Waals surface area contributed by atoms with Crippen LogP contribution >= 0.6 is 24.0 Å². The van der Waals surface area contributed by atoms with Gasteiger partial charge in [-0.1, -0.05) is 6.07 Å². The monoisotopic (exact) mass is 463 g/mol. The lowest BCUT2D eigenvalue weighted by molar-refractivity contribution is -0.00834. The molecule has 0 amide bonds. The van der Waals surface area contributed by atoms with Gasteiger partial charge in [0, 0.05) is 38.3 Å². The summed E-state index contributed by atoms with van der Waals surface area (Å²) < 4.78 is 10.6. The Labute approximate surface area is 167 Å². The molecule has 0 aromatic carbocycles. The van der Waals surface area contributed by atoms with Crippen molar-refractivity contribution in [2.75, 3.05) is 47.0 Å². The average Bonchev–Trinajstić information content (AvgIpc) is 2.62. The van der Waals surface area contributed by atoms with Crippen LogP contribution in [0.25, 0.3) is 0 Å². The van der Waals surface area contributed by atoms with Crippen LogP contribution in [0, 0.1) is 0 Å². The van der Waals surface area contributed by atoms with Crippen molar-refractivity contribution >= 4 is 29.9 Å². The van der Waals surface area contributed by atoms with Gasteiger partial charge in [-0.25, -0.2) is 4.98 Å². The van der Waals surface area contributed by atoms with Crippen LogP contribution in [0.2, 0.25) is 0 Å². The number of morpholine rings is 1. The van der Waals surface area contributed by atoms with Crippen LogP contribution in [-0.4, -0.2) is 68.4 Å². The Morgan fingerprint density at radius 3 is 2.68 bits per heavy atom. The van der Waals surface area contributed by atoms with Crippen molar-refractivity contribution in [1.29, 1.82) is 0 Å². The van der Waals surface area contributed by atoms with Crippen molar-refractivity contribution < 1.29 is 9.47 Å². The van der Waals surface area contributed by atoms with Gasteiger partial charge in [-0.15, -0.1) is 24.0 Å². The minimum Gasteiger partial charge on any atom is -0.481 e. The fourth-order valence-corrected chi connectivity index (χ4v) is 2.65. The van der Waals surface area contributed by atoms with Gasteiger partial charge in [0.05, 0.1) is 32.6 Å². The first kappa shape index (κ1) is 21.9. The van der Waals surface area contributed by atoms with E-state index in [0.717, 1.165) is 44.5 Å². The van der Waals surface area contributed by atoms with Crippen LogP contribution in [-0.2, 0) is 11.3 Å². The maximum absolute atomic E-state index is 5.43. The number of ether oxygens (including phenoxy) is 2. The second kappa shape index (κ2) is 10.8. The standard InChI is InChI=1S/C17H29N5O2.HI/c1-17(2,22-8-10-24-11-9-22)13-20-16(18-3)19-12-14-6-5-7-15(21-14)23-4;/h5-7H,8-13H2,1-4H3,(H2,18,19,20);1H. The van der Waals surface area contributed by atoms with E-state index in [1.807, 2.05) is 18.2 Å². The van der Waals surface area contributed by atoms with Crippen molar-refractivity contribution in [1.82, 2.24) is 20.5 Å². The molecule has 0 bridgehead atoms. The van der Waals surface area contributed by atoms with E-state index < -0.39 is 0 Å². The fraction of sp³-hybridized carbons (Fsp3) is 0.647. The number of halogens is 1. The Hall–Kier alpha value is -1.13. The summed E-state index contributed by atoms with van der Waals surface area (Å²) in [5, 5.41) is 6.69. The van der Waals surface area contributed by atoms with E-state index >= 15 is 0 Å². The molecule has 0 radical (unpaired) electrons. The quantitative estimate of drug-likeness (QED) is 0.379. The molecule has 2 heterocycles. The summed E-state index contributed by atoms with van der Waals surface area (Å²) in [7, 11) is 3.39. The zero-order valence-electron chi connectivity index (χ0n) is 15.5. The first-order valence-electron chi connectivity index (χ1n) is 8.32. The Morgan fingerprint density at radius 2 is 2.04 bits per heavy atom. The second-order valence-corrected chi connectivity index (χ2v) is 6.36. The third-order valence-corrected chi connectivity index (χ3v) is 4.21. The first-order chi connectivity index (χ1) is 11.5. The van der Waals surface area contributed by atoms with Crippen molar-refractivity contribution in [3.63, 3.8) is 0 Å². The third-order valence-electron chi connectivity index (χ3n) is 4.21. The number of aromatic nitrogens is 1. The van der Waals surface area contributed by atoms with Gasteiger partial charge in [0.25, 0.3) is 0 Å². The molecule has 25 heavy (non-hydrogen) atoms. The molecule has 2 N–H and O–H groups in total. The zero-order valence-corrected chi connectivity index (χ0v) is 17.9. The number of methoxy groups -OCH3 is 1. The molecule has 0 atom stereocenters. The summed E-state index contributed by atoms with van der Waals surface area (Å²) in [4.78, 5) is 11.1. The molecule has 8 heteroatoms. The molecule has 7 nitrogen and oxygen atoms in total. The van der Waals surface area contributed by atoms with Gasteiger partial charge < -0.3 is 20.1 Å². The Morgan fingerprint density at radius 1 is 1.32 bits per heavy atom. The van der Waals surface area contributed by atoms with E-state index in [2.05, 4.69) is 39.4 Å². The minimum absolute atomic E-state index is 0. The lowest BCUT2D eigenvalue weighted by atomic mass is 10.0. The van der Waals surface area contributed by atoms with E-state index in [4.69, 9.17) is 9.47 Å². The highest BCUT2D eigenvalue weighted by atomic mass is 127. The lowest BCUT2D eigenvalue weighted by Crippen LogP contribution is -2.56. The molecule has 1 aliphatic heterocycles. The van der Waals surface area contributed by atoms with Crippen LogP contribution in [0.3, 0.4) is 0 Å². The molecule has 142 valence electrons. The van der Waals surface area contributed by atoms with Gasteiger partial charge >= 0.3 is 0 Å². The highest BCUT2D eigenvalue weighted by molar-refractivity contribution is 14.0. The number of hydrogen-bond donors (Lipinski definition) is 2. The van der Waals surface area contributed by atoms with Crippen LogP contribution in [0.15, 0.2) is 23.2 Å². The van der Waals surface area contributed by atoms with Crippen molar-refractivity contribution in [2.45, 2.75) is 25.9 Å². The summed E-state index contributed by atoms with van der Waals surface area (Å²) in [5.74, 6) is 1.38. The number of aliphatic imine (C=N–C) groups is 1. The van der Waals surface area contributed by atoms with Crippen LogP contribution < -0.4 is 15.4 Å². The maximum atomic E-state index is 5.43. The normalized spacial score (nSPS) is 16.1. The van der Waals surface area contributed by atoms with Gasteiger partial charge in [0.1, 0.15) is 0 Å². The molecule has 1 fully saturated rings. The number of nitrogens with zero attached hydrogens (tertiary/aromatic N) is 3. The molecule has 0 saturated carbocycles. The largest absolute Gasteiger partial charge is 0.481 e.